The van der Waals surface area contributed by atoms with Crippen LogP contribution in [0.4, 0.5) is 0 Å². The predicted molar refractivity (Wildman–Crippen MR) is 75.5 cm³/mol. The second-order valence-corrected chi connectivity index (χ2v) is 6.20. The molecule has 0 radical (unpaired) electrons. The van der Waals surface area contributed by atoms with Gasteiger partial charge >= 0.3 is 0 Å². The van der Waals surface area contributed by atoms with Gasteiger partial charge in [0, 0.05) is 13.2 Å². The first-order chi connectivity index (χ1) is 8.88. The summed E-state index contributed by atoms with van der Waals surface area (Å²) in [6.45, 7) is 5.13. The zero-order valence-corrected chi connectivity index (χ0v) is 11.7. The fourth-order valence-corrected chi connectivity index (χ4v) is 2.81. The number of nitrogens with two attached hydrogens (primary N) is 1. The summed E-state index contributed by atoms with van der Waals surface area (Å²) in [5.41, 5.74) is 5.71. The van der Waals surface area contributed by atoms with Crippen LogP contribution in [0.1, 0.15) is 44.9 Å². The Morgan fingerprint density at radius 2 is 1.61 bits per heavy atom. The lowest BCUT2D eigenvalue weighted by atomic mass is 9.82. The lowest BCUT2D eigenvalue weighted by molar-refractivity contribution is 0.121. The van der Waals surface area contributed by atoms with E-state index in [4.69, 9.17) is 10.5 Å². The van der Waals surface area contributed by atoms with E-state index in [0.717, 1.165) is 50.5 Å². The Labute approximate surface area is 112 Å². The van der Waals surface area contributed by atoms with Gasteiger partial charge in [0.2, 0.25) is 0 Å². The number of hydrogen-bond acceptors (Lipinski definition) is 3. The summed E-state index contributed by atoms with van der Waals surface area (Å²) in [6.07, 6.45) is 9.36. The lowest BCUT2D eigenvalue weighted by Crippen LogP contribution is -2.29. The van der Waals surface area contributed by atoms with Crippen molar-refractivity contribution in [2.45, 2.75) is 44.9 Å². The molecule has 2 saturated carbocycles. The van der Waals surface area contributed by atoms with Gasteiger partial charge < -0.3 is 15.8 Å². The predicted octanol–water partition coefficient (Wildman–Crippen LogP) is 2.16. The number of nitrogens with one attached hydrogen (secondary N) is 1. The maximum Gasteiger partial charge on any atom is 0.0494 e. The van der Waals surface area contributed by atoms with E-state index in [1.807, 2.05) is 0 Å². The summed E-state index contributed by atoms with van der Waals surface area (Å²) >= 11 is 0. The van der Waals surface area contributed by atoms with Gasteiger partial charge in [0.1, 0.15) is 0 Å². The molecule has 0 unspecified atom stereocenters. The van der Waals surface area contributed by atoms with Crippen molar-refractivity contribution in [3.8, 4) is 0 Å². The van der Waals surface area contributed by atoms with Crippen LogP contribution in [0.5, 0.6) is 0 Å². The zero-order valence-electron chi connectivity index (χ0n) is 11.7. The van der Waals surface area contributed by atoms with E-state index in [1.54, 1.807) is 0 Å². The Hall–Kier alpha value is -0.120. The normalized spacial score (nSPS) is 28.5. The zero-order chi connectivity index (χ0) is 12.6. The molecule has 0 bridgehead atoms. The number of rotatable bonds is 9. The largest absolute Gasteiger partial charge is 0.381 e. The molecular formula is C15H30N2O. The van der Waals surface area contributed by atoms with Gasteiger partial charge in [-0.05, 0) is 82.3 Å². The van der Waals surface area contributed by atoms with Crippen molar-refractivity contribution in [1.29, 1.82) is 0 Å². The molecule has 2 rings (SSSR count). The SMILES string of the molecule is NCC1CCC(CNCCCOCC2CC2)CC1. The second-order valence-electron chi connectivity index (χ2n) is 6.20. The van der Waals surface area contributed by atoms with Crippen molar-refractivity contribution in [1.82, 2.24) is 5.32 Å². The number of hydrogen-bond donors (Lipinski definition) is 2. The Kier molecular flexibility index (Phi) is 6.46. The van der Waals surface area contributed by atoms with E-state index in [9.17, 15) is 0 Å². The van der Waals surface area contributed by atoms with Crippen molar-refractivity contribution >= 4 is 0 Å². The minimum Gasteiger partial charge on any atom is -0.381 e. The molecule has 3 N–H and O–H groups in total. The maximum atomic E-state index is 5.71. The summed E-state index contributed by atoms with van der Waals surface area (Å²) < 4.78 is 5.62. The van der Waals surface area contributed by atoms with E-state index in [-0.39, 0.29) is 0 Å². The first-order valence-electron chi connectivity index (χ1n) is 7.87. The third-order valence-electron chi connectivity index (χ3n) is 4.43. The Morgan fingerprint density at radius 1 is 0.944 bits per heavy atom. The van der Waals surface area contributed by atoms with E-state index in [0.29, 0.717) is 0 Å². The van der Waals surface area contributed by atoms with Gasteiger partial charge in [0.05, 0.1) is 0 Å². The van der Waals surface area contributed by atoms with Crippen molar-refractivity contribution in [3.63, 3.8) is 0 Å². The second kappa shape index (κ2) is 8.13. The van der Waals surface area contributed by atoms with Crippen molar-refractivity contribution in [3.05, 3.63) is 0 Å². The van der Waals surface area contributed by atoms with Crippen molar-refractivity contribution in [2.24, 2.45) is 23.5 Å². The summed E-state index contributed by atoms with van der Waals surface area (Å²) in [4.78, 5) is 0. The Morgan fingerprint density at radius 3 is 2.28 bits per heavy atom. The summed E-state index contributed by atoms with van der Waals surface area (Å²) in [5.74, 6) is 2.59. The van der Waals surface area contributed by atoms with Gasteiger partial charge in [-0.25, -0.2) is 0 Å². The molecule has 0 amide bonds. The highest BCUT2D eigenvalue weighted by Crippen LogP contribution is 2.29. The highest BCUT2D eigenvalue weighted by atomic mass is 16.5. The molecule has 0 heterocycles. The third-order valence-corrected chi connectivity index (χ3v) is 4.43. The quantitative estimate of drug-likeness (QED) is 0.620. The first-order valence-corrected chi connectivity index (χ1v) is 7.87. The van der Waals surface area contributed by atoms with Gasteiger partial charge in [0.15, 0.2) is 0 Å². The minimum absolute atomic E-state index is 0.803. The average molecular weight is 254 g/mol. The molecule has 0 aliphatic heterocycles. The topological polar surface area (TPSA) is 47.3 Å². The highest BCUT2D eigenvalue weighted by Gasteiger charge is 2.21. The maximum absolute atomic E-state index is 5.71. The fourth-order valence-electron chi connectivity index (χ4n) is 2.81. The molecule has 0 spiro atoms. The van der Waals surface area contributed by atoms with Crippen LogP contribution in [0.3, 0.4) is 0 Å². The molecule has 0 aromatic carbocycles. The molecule has 0 saturated heterocycles. The monoisotopic (exact) mass is 254 g/mol. The lowest BCUT2D eigenvalue weighted by Gasteiger charge is -2.27. The molecule has 106 valence electrons. The van der Waals surface area contributed by atoms with E-state index in [2.05, 4.69) is 5.32 Å². The van der Waals surface area contributed by atoms with Crippen LogP contribution in [0.15, 0.2) is 0 Å². The fraction of sp³-hybridized carbons (Fsp3) is 1.00. The third kappa shape index (κ3) is 5.68. The summed E-state index contributed by atoms with van der Waals surface area (Å²) in [5, 5.41) is 3.58. The minimum atomic E-state index is 0.803. The van der Waals surface area contributed by atoms with Gasteiger partial charge in [-0.2, -0.15) is 0 Å². The van der Waals surface area contributed by atoms with Crippen molar-refractivity contribution < 1.29 is 4.74 Å². The van der Waals surface area contributed by atoms with Gasteiger partial charge in [-0.15, -0.1) is 0 Å². The molecule has 0 aromatic heterocycles. The molecule has 3 nitrogen and oxygen atoms in total. The standard InChI is InChI=1S/C15H30N2O/c16-10-13-2-4-14(5-3-13)11-17-8-1-9-18-12-15-6-7-15/h13-15,17H,1-12,16H2. The van der Waals surface area contributed by atoms with Crippen LogP contribution in [0, 0.1) is 17.8 Å². The van der Waals surface area contributed by atoms with Crippen LogP contribution in [0.25, 0.3) is 0 Å². The highest BCUT2D eigenvalue weighted by molar-refractivity contribution is 4.74. The molecule has 2 fully saturated rings. The van der Waals surface area contributed by atoms with Crippen LogP contribution >= 0.6 is 0 Å². The van der Waals surface area contributed by atoms with E-state index < -0.39 is 0 Å². The Bertz CT molecular complexity index is 211. The molecule has 0 atom stereocenters. The summed E-state index contributed by atoms with van der Waals surface area (Å²) in [6, 6.07) is 0. The van der Waals surface area contributed by atoms with E-state index in [1.165, 1.54) is 45.1 Å². The van der Waals surface area contributed by atoms with Gasteiger partial charge in [0.25, 0.3) is 0 Å². The molecule has 0 aromatic rings. The van der Waals surface area contributed by atoms with Gasteiger partial charge in [-0.3, -0.25) is 0 Å². The van der Waals surface area contributed by atoms with Crippen LogP contribution in [-0.2, 0) is 4.74 Å². The van der Waals surface area contributed by atoms with E-state index >= 15 is 0 Å². The molecular weight excluding hydrogens is 224 g/mol. The molecule has 18 heavy (non-hydrogen) atoms. The Balaban J connectivity index is 1.36. The van der Waals surface area contributed by atoms with Crippen LogP contribution < -0.4 is 11.1 Å². The molecule has 3 heteroatoms. The smallest absolute Gasteiger partial charge is 0.0494 e. The average Bonchev–Trinajstić information content (AvgIpc) is 3.22. The first kappa shape index (κ1) is 14.3. The van der Waals surface area contributed by atoms with Gasteiger partial charge in [-0.1, -0.05) is 0 Å². The molecule has 2 aliphatic rings. The molecule has 2 aliphatic carbocycles. The van der Waals surface area contributed by atoms with Crippen LogP contribution in [-0.4, -0.2) is 32.8 Å². The summed E-state index contributed by atoms with van der Waals surface area (Å²) in [7, 11) is 0. The van der Waals surface area contributed by atoms with Crippen LogP contribution in [0.2, 0.25) is 0 Å². The van der Waals surface area contributed by atoms with Crippen molar-refractivity contribution in [2.75, 3.05) is 32.8 Å². The number of ether oxygens (including phenoxy) is 1.